The molecule has 44 heavy (non-hydrogen) atoms. The fraction of sp³-hybridized carbons (Fsp3) is 0.471. The molecule has 0 aliphatic carbocycles. The predicted molar refractivity (Wildman–Crippen MR) is 188 cm³/mol. The van der Waals surface area contributed by atoms with E-state index < -0.39 is 7.82 Å². The van der Waals surface area contributed by atoms with Gasteiger partial charge in [-0.1, -0.05) is 153 Å². The number of phosphoric ester groups is 1. The molecule has 4 rings (SSSR count). The van der Waals surface area contributed by atoms with Crippen LogP contribution in [0.4, 0.5) is 0 Å². The van der Waals surface area contributed by atoms with Crippen molar-refractivity contribution in [3.63, 3.8) is 0 Å². The average Bonchev–Trinajstić information content (AvgIpc) is 2.83. The second kappa shape index (κ2) is 11.8. The largest absolute Gasteiger partial charge is 0.647 e. The molecule has 0 fully saturated rings. The van der Waals surface area contributed by atoms with E-state index in [0.29, 0.717) is 11.5 Å². The Labute approximate surface area is 287 Å². The first-order valence-electron chi connectivity index (χ1n) is 14.4. The van der Waals surface area contributed by atoms with Crippen molar-refractivity contribution in [1.82, 2.24) is 0 Å². The molecular formula is C34H41Cl4O4PS. The van der Waals surface area contributed by atoms with E-state index in [-0.39, 0.29) is 47.5 Å². The maximum atomic E-state index is 15.1. The van der Waals surface area contributed by atoms with Gasteiger partial charge in [-0.15, -0.1) is 0 Å². The topological polar surface area (TPSA) is 44.8 Å². The fourth-order valence-corrected chi connectivity index (χ4v) is 8.34. The molecule has 3 aromatic rings. The van der Waals surface area contributed by atoms with Crippen LogP contribution in [0.15, 0.2) is 40.1 Å². The fourth-order valence-electron chi connectivity index (χ4n) is 4.67. The van der Waals surface area contributed by atoms with Crippen molar-refractivity contribution in [3.05, 3.63) is 72.7 Å². The number of fused-ring (bicyclic) bond motifs is 2. The summed E-state index contributed by atoms with van der Waals surface area (Å²) >= 11 is 27.2. The third-order valence-electron chi connectivity index (χ3n) is 7.36. The van der Waals surface area contributed by atoms with Crippen LogP contribution in [0.1, 0.15) is 105 Å². The van der Waals surface area contributed by atoms with Crippen LogP contribution in [0.2, 0.25) is 20.1 Å². The molecule has 4 nitrogen and oxygen atoms in total. The summed E-state index contributed by atoms with van der Waals surface area (Å²) in [5.41, 5.74) is 2.85. The van der Waals surface area contributed by atoms with E-state index in [1.165, 1.54) is 17.8 Å². The maximum absolute atomic E-state index is 15.1. The molecule has 1 aliphatic heterocycles. The van der Waals surface area contributed by atoms with Crippen LogP contribution in [-0.2, 0) is 26.2 Å². The van der Waals surface area contributed by atoms with Crippen LogP contribution >= 0.6 is 66.0 Å². The Morgan fingerprint density at radius 1 is 0.591 bits per heavy atom. The zero-order valence-electron chi connectivity index (χ0n) is 27.4. The number of rotatable bonds is 2. The molecule has 10 heteroatoms. The lowest BCUT2D eigenvalue weighted by Crippen LogP contribution is -2.22. The number of hydrogen-bond donors (Lipinski definition) is 0. The molecule has 1 heterocycles. The van der Waals surface area contributed by atoms with E-state index in [9.17, 15) is 0 Å². The highest BCUT2D eigenvalue weighted by molar-refractivity contribution is 7.99. The van der Waals surface area contributed by atoms with Gasteiger partial charge in [-0.2, -0.15) is 4.57 Å². The summed E-state index contributed by atoms with van der Waals surface area (Å²) in [5.74, 6) is 0.681. The molecule has 0 aromatic heterocycles. The summed E-state index contributed by atoms with van der Waals surface area (Å²) in [4.78, 5) is 1.60. The van der Waals surface area contributed by atoms with Gasteiger partial charge in [-0.05, 0) is 51.0 Å². The summed E-state index contributed by atoms with van der Waals surface area (Å²) in [6, 6.07) is 9.81. The minimum absolute atomic E-state index is 0.0122. The molecule has 3 aromatic carbocycles. The quantitative estimate of drug-likeness (QED) is 0.150. The molecule has 0 bridgehead atoms. The van der Waals surface area contributed by atoms with Crippen LogP contribution in [0.5, 0.6) is 17.2 Å². The molecule has 0 saturated carbocycles. The molecule has 0 saturated heterocycles. The summed E-state index contributed by atoms with van der Waals surface area (Å²) in [7, 11) is -4.55. The van der Waals surface area contributed by atoms with Crippen molar-refractivity contribution in [2.75, 3.05) is 0 Å². The van der Waals surface area contributed by atoms with Gasteiger partial charge in [0.25, 0.3) is 0 Å². The molecule has 0 unspecified atom stereocenters. The summed E-state index contributed by atoms with van der Waals surface area (Å²) in [6.07, 6.45) is 0. The molecule has 0 radical (unpaired) electrons. The Morgan fingerprint density at radius 3 is 1.36 bits per heavy atom. The van der Waals surface area contributed by atoms with Crippen molar-refractivity contribution < 1.29 is 18.1 Å². The number of halogens is 4. The van der Waals surface area contributed by atoms with Gasteiger partial charge in [-0.3, -0.25) is 0 Å². The molecule has 1 aliphatic rings. The van der Waals surface area contributed by atoms with Crippen molar-refractivity contribution in [1.29, 1.82) is 0 Å². The smallest absolute Gasteiger partial charge is 0.384 e. The van der Waals surface area contributed by atoms with Gasteiger partial charge in [0.15, 0.2) is 17.2 Å². The first-order valence-corrected chi connectivity index (χ1v) is 18.2. The summed E-state index contributed by atoms with van der Waals surface area (Å²) < 4.78 is 34.1. The van der Waals surface area contributed by atoms with Crippen molar-refractivity contribution in [3.8, 4) is 17.2 Å². The van der Waals surface area contributed by atoms with Gasteiger partial charge in [0.1, 0.15) is 5.02 Å². The first kappa shape index (κ1) is 35.7. The zero-order chi connectivity index (χ0) is 33.4. The SMILES string of the molecule is CC(C)(C)c1cc2c(c(C(C)(C)C)c1)OP(=O)(Oc1c(Cl)cc(Cl)c(Cl)c1Cl)Oc1c(cc(C(C)(C)C)cc1C(C)(C)C)S2. The van der Waals surface area contributed by atoms with Gasteiger partial charge >= 0.3 is 7.82 Å². The standard InChI is InChI=1S/C34H41Cl4O4PS/c1-31(2,3)18-13-20(33(7,8)9)28-24(15-18)44-25-16-19(32(4,5)6)14-21(34(10,11)12)29(25)41-43(39,40-28)42-30-23(36)17-22(35)26(37)27(30)38/h13-17H,1-12H3. The van der Waals surface area contributed by atoms with Crippen LogP contribution in [-0.4, -0.2) is 0 Å². The molecule has 0 atom stereocenters. The highest BCUT2D eigenvalue weighted by atomic mass is 35.5. The van der Waals surface area contributed by atoms with Crippen molar-refractivity contribution in [2.24, 2.45) is 0 Å². The number of benzene rings is 3. The molecule has 0 spiro atoms. The molecule has 240 valence electrons. The Morgan fingerprint density at radius 2 is 1.00 bits per heavy atom. The van der Waals surface area contributed by atoms with Crippen molar-refractivity contribution in [2.45, 2.75) is 115 Å². The van der Waals surface area contributed by atoms with E-state index in [2.05, 4.69) is 107 Å². The maximum Gasteiger partial charge on any atom is 0.647 e. The Balaban J connectivity index is 2.13. The Bertz CT molecular complexity index is 1590. The number of phosphoric acid groups is 1. The first-order chi connectivity index (χ1) is 19.8. The van der Waals surface area contributed by atoms with Crippen LogP contribution in [0.25, 0.3) is 0 Å². The molecular weight excluding hydrogens is 677 g/mol. The normalized spacial score (nSPS) is 15.4. The lowest BCUT2D eigenvalue weighted by Gasteiger charge is -2.34. The van der Waals surface area contributed by atoms with Crippen molar-refractivity contribution >= 4 is 66.0 Å². The Hall–Kier alpha value is -1.20. The van der Waals surface area contributed by atoms with Crippen LogP contribution in [0.3, 0.4) is 0 Å². The average molecular weight is 719 g/mol. The van der Waals surface area contributed by atoms with Crippen LogP contribution < -0.4 is 13.6 Å². The van der Waals surface area contributed by atoms with Gasteiger partial charge in [0.2, 0.25) is 0 Å². The minimum Gasteiger partial charge on any atom is -0.384 e. The lowest BCUT2D eigenvalue weighted by molar-refractivity contribution is 0.287. The highest BCUT2D eigenvalue weighted by Gasteiger charge is 2.43. The zero-order valence-corrected chi connectivity index (χ0v) is 32.1. The second-order valence-electron chi connectivity index (χ2n) is 15.3. The van der Waals surface area contributed by atoms with E-state index in [1.807, 2.05) is 0 Å². The van der Waals surface area contributed by atoms with Crippen LogP contribution in [0, 0.1) is 0 Å². The Kier molecular flexibility index (Phi) is 9.56. The third kappa shape index (κ3) is 7.35. The van der Waals surface area contributed by atoms with E-state index >= 15 is 4.57 Å². The lowest BCUT2D eigenvalue weighted by atomic mass is 9.80. The highest BCUT2D eigenvalue weighted by Crippen LogP contribution is 2.62. The monoisotopic (exact) mass is 716 g/mol. The predicted octanol–water partition coefficient (Wildman–Crippen LogP) is 13.6. The van der Waals surface area contributed by atoms with E-state index in [0.717, 1.165) is 32.0 Å². The number of hydrogen-bond acceptors (Lipinski definition) is 5. The second-order valence-corrected chi connectivity index (χ2v) is 19.4. The van der Waals surface area contributed by atoms with E-state index in [1.54, 1.807) is 0 Å². The summed E-state index contributed by atoms with van der Waals surface area (Å²) in [6.45, 7) is 25.6. The van der Waals surface area contributed by atoms with Gasteiger partial charge < -0.3 is 13.6 Å². The minimum atomic E-state index is -4.55. The molecule has 0 N–H and O–H groups in total. The van der Waals surface area contributed by atoms with Gasteiger partial charge in [0, 0.05) is 11.1 Å². The molecule has 0 amide bonds. The third-order valence-corrected chi connectivity index (χ3v) is 11.1. The van der Waals surface area contributed by atoms with Gasteiger partial charge in [0.05, 0.1) is 24.9 Å². The summed E-state index contributed by atoms with van der Waals surface area (Å²) in [5, 5.41) is 0.0650. The van der Waals surface area contributed by atoms with E-state index in [4.69, 9.17) is 60.0 Å². The van der Waals surface area contributed by atoms with Gasteiger partial charge in [-0.25, -0.2) is 0 Å².